The van der Waals surface area contributed by atoms with Crippen molar-refractivity contribution in [2.45, 2.75) is 38.6 Å². The van der Waals surface area contributed by atoms with Crippen LogP contribution in [0.15, 0.2) is 12.1 Å². The summed E-state index contributed by atoms with van der Waals surface area (Å²) in [5, 5.41) is 0. The van der Waals surface area contributed by atoms with E-state index >= 15 is 0 Å². The summed E-state index contributed by atoms with van der Waals surface area (Å²) >= 11 is 5.29. The summed E-state index contributed by atoms with van der Waals surface area (Å²) in [5.74, 6) is -0.609. The molecule has 1 heterocycles. The predicted octanol–water partition coefficient (Wildman–Crippen LogP) is 4.73. The van der Waals surface area contributed by atoms with Crippen LogP contribution in [0.1, 0.15) is 38.6 Å². The molecule has 1 unspecified atom stereocenters. The number of aromatic nitrogens is 2. The van der Waals surface area contributed by atoms with Crippen molar-refractivity contribution in [1.82, 2.24) is 9.55 Å². The summed E-state index contributed by atoms with van der Waals surface area (Å²) in [6.07, 6.45) is 4.78. The molecule has 0 aliphatic heterocycles. The molecular weight excluding hydrogens is 266 g/mol. The van der Waals surface area contributed by atoms with Crippen molar-refractivity contribution in [3.05, 3.63) is 28.5 Å². The van der Waals surface area contributed by atoms with E-state index < -0.39 is 11.6 Å². The number of hydrogen-bond acceptors (Lipinski definition) is 1. The summed E-state index contributed by atoms with van der Waals surface area (Å²) in [5.41, 5.74) is 0.832. The van der Waals surface area contributed by atoms with Crippen molar-refractivity contribution in [2.75, 3.05) is 0 Å². The van der Waals surface area contributed by atoms with E-state index in [4.69, 9.17) is 12.2 Å². The van der Waals surface area contributed by atoms with Crippen LogP contribution in [-0.4, -0.2) is 9.55 Å². The first kappa shape index (κ1) is 12.8. The van der Waals surface area contributed by atoms with Crippen LogP contribution >= 0.6 is 12.2 Å². The normalized spacial score (nSPS) is 18.3. The fourth-order valence-electron chi connectivity index (χ4n) is 3.21. The zero-order chi connectivity index (χ0) is 13.6. The van der Waals surface area contributed by atoms with Crippen molar-refractivity contribution in [3.8, 4) is 0 Å². The first-order valence-electron chi connectivity index (χ1n) is 6.67. The van der Waals surface area contributed by atoms with Gasteiger partial charge in [-0.2, -0.15) is 0 Å². The highest BCUT2D eigenvalue weighted by atomic mass is 32.1. The molecular formula is C14H16F2N2S. The van der Waals surface area contributed by atoms with E-state index in [0.717, 1.165) is 18.9 Å². The van der Waals surface area contributed by atoms with Gasteiger partial charge < -0.3 is 9.55 Å². The van der Waals surface area contributed by atoms with E-state index in [0.29, 0.717) is 21.7 Å². The SMILES string of the molecule is CC(C1CCCC1)n1c(=S)[nH]c2c(F)cc(F)cc21. The second-order valence-electron chi connectivity index (χ2n) is 5.37. The number of nitrogens with one attached hydrogen (secondary N) is 1. The third-order valence-electron chi connectivity index (χ3n) is 4.23. The quantitative estimate of drug-likeness (QED) is 0.790. The van der Waals surface area contributed by atoms with Gasteiger partial charge in [0.1, 0.15) is 11.3 Å². The van der Waals surface area contributed by atoms with E-state index in [-0.39, 0.29) is 6.04 Å². The number of nitrogens with zero attached hydrogens (tertiary/aromatic N) is 1. The zero-order valence-corrected chi connectivity index (χ0v) is 11.6. The van der Waals surface area contributed by atoms with Crippen LogP contribution in [0.2, 0.25) is 0 Å². The van der Waals surface area contributed by atoms with Crippen LogP contribution in [-0.2, 0) is 0 Å². The Kier molecular flexibility index (Phi) is 3.17. The second kappa shape index (κ2) is 4.71. The van der Waals surface area contributed by atoms with Gasteiger partial charge in [0.2, 0.25) is 0 Å². The molecule has 0 saturated heterocycles. The van der Waals surface area contributed by atoms with Crippen molar-refractivity contribution >= 4 is 23.3 Å². The minimum Gasteiger partial charge on any atom is -0.328 e. The Morgan fingerprint density at radius 1 is 1.32 bits per heavy atom. The first-order chi connectivity index (χ1) is 9.08. The van der Waals surface area contributed by atoms with Gasteiger partial charge in [-0.15, -0.1) is 0 Å². The Morgan fingerprint density at radius 3 is 2.68 bits per heavy atom. The van der Waals surface area contributed by atoms with Gasteiger partial charge in [0, 0.05) is 12.1 Å². The van der Waals surface area contributed by atoms with Crippen molar-refractivity contribution in [3.63, 3.8) is 0 Å². The van der Waals surface area contributed by atoms with Crippen molar-refractivity contribution in [2.24, 2.45) is 5.92 Å². The van der Waals surface area contributed by atoms with Crippen molar-refractivity contribution < 1.29 is 8.78 Å². The lowest BCUT2D eigenvalue weighted by Crippen LogP contribution is -2.14. The highest BCUT2D eigenvalue weighted by Crippen LogP contribution is 2.36. The summed E-state index contributed by atoms with van der Waals surface area (Å²) in [6, 6.07) is 2.42. The monoisotopic (exact) mass is 282 g/mol. The van der Waals surface area contributed by atoms with Gasteiger partial charge in [-0.25, -0.2) is 8.78 Å². The average molecular weight is 282 g/mol. The van der Waals surface area contributed by atoms with E-state index in [1.807, 2.05) is 4.57 Å². The van der Waals surface area contributed by atoms with Crippen LogP contribution in [0.3, 0.4) is 0 Å². The van der Waals surface area contributed by atoms with E-state index in [1.165, 1.54) is 18.9 Å². The van der Waals surface area contributed by atoms with Crippen LogP contribution < -0.4 is 0 Å². The maximum atomic E-state index is 13.8. The number of imidazole rings is 1. The molecule has 1 aromatic heterocycles. The molecule has 3 rings (SSSR count). The van der Waals surface area contributed by atoms with Crippen LogP contribution in [0.25, 0.3) is 11.0 Å². The molecule has 19 heavy (non-hydrogen) atoms. The van der Waals surface area contributed by atoms with E-state index in [2.05, 4.69) is 11.9 Å². The largest absolute Gasteiger partial charge is 0.328 e. The second-order valence-corrected chi connectivity index (χ2v) is 5.75. The van der Waals surface area contributed by atoms with Gasteiger partial charge in [0.15, 0.2) is 10.6 Å². The highest BCUT2D eigenvalue weighted by molar-refractivity contribution is 7.71. The summed E-state index contributed by atoms with van der Waals surface area (Å²) in [7, 11) is 0. The molecule has 5 heteroatoms. The summed E-state index contributed by atoms with van der Waals surface area (Å²) < 4.78 is 29.5. The van der Waals surface area contributed by atoms with Gasteiger partial charge in [-0.1, -0.05) is 12.8 Å². The number of benzene rings is 1. The van der Waals surface area contributed by atoms with Crippen LogP contribution in [0, 0.1) is 22.3 Å². The lowest BCUT2D eigenvalue weighted by Gasteiger charge is -2.21. The number of halogens is 2. The minimum absolute atomic E-state index is 0.171. The Hall–Kier alpha value is -1.23. The minimum atomic E-state index is -0.585. The molecule has 1 aliphatic carbocycles. The van der Waals surface area contributed by atoms with Gasteiger partial charge >= 0.3 is 0 Å². The van der Waals surface area contributed by atoms with Crippen molar-refractivity contribution in [1.29, 1.82) is 0 Å². The average Bonchev–Trinajstić information content (AvgIpc) is 2.95. The third-order valence-corrected chi connectivity index (χ3v) is 4.53. The van der Waals surface area contributed by atoms with Gasteiger partial charge in [-0.05, 0) is 44.0 Å². The Labute approximate surface area is 115 Å². The summed E-state index contributed by atoms with van der Waals surface area (Å²) in [6.45, 7) is 2.09. The third kappa shape index (κ3) is 2.10. The van der Waals surface area contributed by atoms with Gasteiger partial charge in [-0.3, -0.25) is 0 Å². The first-order valence-corrected chi connectivity index (χ1v) is 7.08. The smallest absolute Gasteiger partial charge is 0.178 e. The van der Waals surface area contributed by atoms with Gasteiger partial charge in [0.05, 0.1) is 5.52 Å². The molecule has 1 aliphatic rings. The van der Waals surface area contributed by atoms with Gasteiger partial charge in [0.25, 0.3) is 0 Å². The molecule has 0 amide bonds. The molecule has 1 atom stereocenters. The molecule has 2 aromatic rings. The molecule has 0 spiro atoms. The number of aromatic amines is 1. The molecule has 0 bridgehead atoms. The Bertz CT molecular complexity index is 668. The van der Waals surface area contributed by atoms with E-state index in [9.17, 15) is 8.78 Å². The number of rotatable bonds is 2. The number of fused-ring (bicyclic) bond motifs is 1. The molecule has 0 radical (unpaired) electrons. The topological polar surface area (TPSA) is 20.7 Å². The fraction of sp³-hybridized carbons (Fsp3) is 0.500. The predicted molar refractivity (Wildman–Crippen MR) is 73.7 cm³/mol. The molecule has 1 aromatic carbocycles. The standard InChI is InChI=1S/C14H16F2N2S/c1-8(9-4-2-3-5-9)18-12-7-10(15)6-11(16)13(12)17-14(18)19/h6-9H,2-5H2,1H3,(H,17,19). The Balaban J connectivity index is 2.17. The molecule has 2 nitrogen and oxygen atoms in total. The lowest BCUT2D eigenvalue weighted by molar-refractivity contribution is 0.365. The Morgan fingerprint density at radius 2 is 2.00 bits per heavy atom. The number of H-pyrrole nitrogens is 1. The zero-order valence-electron chi connectivity index (χ0n) is 10.7. The van der Waals surface area contributed by atoms with Crippen LogP contribution in [0.4, 0.5) is 8.78 Å². The molecule has 1 fully saturated rings. The maximum absolute atomic E-state index is 13.8. The molecule has 1 saturated carbocycles. The summed E-state index contributed by atoms with van der Waals surface area (Å²) in [4.78, 5) is 2.86. The highest BCUT2D eigenvalue weighted by Gasteiger charge is 2.25. The van der Waals surface area contributed by atoms with Crippen LogP contribution in [0.5, 0.6) is 0 Å². The molecule has 102 valence electrons. The van der Waals surface area contributed by atoms with E-state index in [1.54, 1.807) is 0 Å². The fourth-order valence-corrected chi connectivity index (χ4v) is 3.57. The maximum Gasteiger partial charge on any atom is 0.178 e. The molecule has 1 N–H and O–H groups in total. The number of hydrogen-bond donors (Lipinski definition) is 1. The lowest BCUT2D eigenvalue weighted by atomic mass is 9.99.